The summed E-state index contributed by atoms with van der Waals surface area (Å²) < 4.78 is 27.1. The maximum atomic E-state index is 12.1. The molecule has 0 fully saturated rings. The van der Waals surface area contributed by atoms with Crippen molar-refractivity contribution in [2.45, 2.75) is 71.8 Å². The van der Waals surface area contributed by atoms with E-state index in [2.05, 4.69) is 17.0 Å². The molecule has 0 saturated carbocycles. The fraction of sp³-hybridized carbons (Fsp3) is 1.00. The molecule has 0 radical (unpaired) electrons. The van der Waals surface area contributed by atoms with E-state index in [1.165, 1.54) is 0 Å². The van der Waals surface area contributed by atoms with E-state index in [0.717, 1.165) is 51.6 Å². The van der Waals surface area contributed by atoms with Crippen molar-refractivity contribution in [2.75, 3.05) is 18.8 Å². The van der Waals surface area contributed by atoms with Crippen LogP contribution in [0.5, 0.6) is 0 Å². The molecule has 0 unspecified atom stereocenters. The third kappa shape index (κ3) is 7.90. The van der Waals surface area contributed by atoms with Crippen molar-refractivity contribution in [2.24, 2.45) is 0 Å². The van der Waals surface area contributed by atoms with Gasteiger partial charge < -0.3 is 5.32 Å². The van der Waals surface area contributed by atoms with E-state index in [1.807, 2.05) is 20.8 Å². The van der Waals surface area contributed by atoms with E-state index in [1.54, 1.807) is 0 Å². The lowest BCUT2D eigenvalue weighted by atomic mass is 9.91. The van der Waals surface area contributed by atoms with E-state index in [9.17, 15) is 8.42 Å². The SMILES string of the molecule is CCCNCCCCS(=O)(=O)NC(CC)(CC)CC. The van der Waals surface area contributed by atoms with Crippen molar-refractivity contribution in [3.8, 4) is 0 Å². The van der Waals surface area contributed by atoms with Gasteiger partial charge in [0.1, 0.15) is 0 Å². The number of sulfonamides is 1. The van der Waals surface area contributed by atoms with Gasteiger partial charge in [-0.2, -0.15) is 0 Å². The Kier molecular flexibility index (Phi) is 9.66. The highest BCUT2D eigenvalue weighted by Gasteiger charge is 2.28. The van der Waals surface area contributed by atoms with Crippen LogP contribution in [0.3, 0.4) is 0 Å². The number of rotatable bonds is 12. The van der Waals surface area contributed by atoms with Gasteiger partial charge in [-0.1, -0.05) is 27.7 Å². The van der Waals surface area contributed by atoms with E-state index in [-0.39, 0.29) is 11.3 Å². The van der Waals surface area contributed by atoms with Crippen LogP contribution in [0.4, 0.5) is 0 Å². The van der Waals surface area contributed by atoms with Crippen LogP contribution in [0.25, 0.3) is 0 Å². The standard InChI is InChI=1S/C14H32N2O2S/c1-5-11-15-12-9-10-13-19(17,18)16-14(6-2,7-3)8-4/h15-16H,5-13H2,1-4H3. The highest BCUT2D eigenvalue weighted by atomic mass is 32.2. The second-order valence-corrected chi connectivity index (χ2v) is 7.06. The lowest BCUT2D eigenvalue weighted by molar-refractivity contribution is 0.341. The molecule has 4 nitrogen and oxygen atoms in total. The van der Waals surface area contributed by atoms with Crippen LogP contribution in [0.2, 0.25) is 0 Å². The first kappa shape index (κ1) is 18.9. The number of nitrogens with one attached hydrogen (secondary N) is 2. The molecule has 0 aliphatic rings. The van der Waals surface area contributed by atoms with Crippen LogP contribution in [-0.2, 0) is 10.0 Å². The van der Waals surface area contributed by atoms with Crippen LogP contribution < -0.4 is 10.0 Å². The van der Waals surface area contributed by atoms with Crippen molar-refractivity contribution in [1.29, 1.82) is 0 Å². The first-order valence-electron chi connectivity index (χ1n) is 7.67. The van der Waals surface area contributed by atoms with Crippen LogP contribution in [0, 0.1) is 0 Å². The van der Waals surface area contributed by atoms with Crippen LogP contribution >= 0.6 is 0 Å². The van der Waals surface area contributed by atoms with E-state index in [4.69, 9.17) is 0 Å². The number of hydrogen-bond acceptors (Lipinski definition) is 3. The van der Waals surface area contributed by atoms with Gasteiger partial charge in [0.2, 0.25) is 10.0 Å². The molecule has 19 heavy (non-hydrogen) atoms. The Hall–Kier alpha value is -0.130. The molecule has 0 aromatic heterocycles. The van der Waals surface area contributed by atoms with Crippen LogP contribution in [0.15, 0.2) is 0 Å². The van der Waals surface area contributed by atoms with E-state index in [0.29, 0.717) is 0 Å². The van der Waals surface area contributed by atoms with Gasteiger partial charge in [-0.25, -0.2) is 13.1 Å². The van der Waals surface area contributed by atoms with Gasteiger partial charge in [-0.15, -0.1) is 0 Å². The van der Waals surface area contributed by atoms with Crippen LogP contribution in [-0.4, -0.2) is 32.8 Å². The molecule has 0 amide bonds. The summed E-state index contributed by atoms with van der Waals surface area (Å²) in [6, 6.07) is 0. The Bertz CT molecular complexity index is 303. The van der Waals surface area contributed by atoms with Gasteiger partial charge in [0.25, 0.3) is 0 Å². The minimum absolute atomic E-state index is 0.239. The van der Waals surface area contributed by atoms with Gasteiger partial charge in [0.05, 0.1) is 5.75 Å². The first-order chi connectivity index (χ1) is 8.95. The Morgan fingerprint density at radius 3 is 1.95 bits per heavy atom. The molecule has 0 aliphatic carbocycles. The Morgan fingerprint density at radius 1 is 0.895 bits per heavy atom. The molecule has 5 heteroatoms. The smallest absolute Gasteiger partial charge is 0.212 e. The lowest BCUT2D eigenvalue weighted by Crippen LogP contribution is -2.47. The van der Waals surface area contributed by atoms with Crippen LogP contribution in [0.1, 0.15) is 66.2 Å². The fourth-order valence-corrected chi connectivity index (χ4v) is 3.97. The van der Waals surface area contributed by atoms with Gasteiger partial charge in [-0.05, 0) is 51.6 Å². The fourth-order valence-electron chi connectivity index (χ4n) is 2.19. The molecule has 0 spiro atoms. The van der Waals surface area contributed by atoms with Gasteiger partial charge in [0, 0.05) is 5.54 Å². The van der Waals surface area contributed by atoms with Gasteiger partial charge >= 0.3 is 0 Å². The summed E-state index contributed by atoms with van der Waals surface area (Å²) >= 11 is 0. The summed E-state index contributed by atoms with van der Waals surface area (Å²) in [6.07, 6.45) is 5.29. The quantitative estimate of drug-likeness (QED) is 0.544. The summed E-state index contributed by atoms with van der Waals surface area (Å²) in [5, 5.41) is 3.29. The third-order valence-electron chi connectivity index (χ3n) is 3.85. The van der Waals surface area contributed by atoms with E-state index < -0.39 is 10.0 Å². The summed E-state index contributed by atoms with van der Waals surface area (Å²) in [5.41, 5.74) is -0.251. The lowest BCUT2D eigenvalue weighted by Gasteiger charge is -2.31. The predicted octanol–water partition coefficient (Wildman–Crippen LogP) is 2.65. The Morgan fingerprint density at radius 2 is 1.47 bits per heavy atom. The summed E-state index contributed by atoms with van der Waals surface area (Å²) in [6.45, 7) is 10.2. The second-order valence-electron chi connectivity index (χ2n) is 5.22. The van der Waals surface area contributed by atoms with Gasteiger partial charge in [0.15, 0.2) is 0 Å². The molecule has 0 atom stereocenters. The third-order valence-corrected chi connectivity index (χ3v) is 5.42. The molecule has 0 aliphatic heterocycles. The molecule has 0 aromatic carbocycles. The zero-order valence-electron chi connectivity index (χ0n) is 13.1. The largest absolute Gasteiger partial charge is 0.317 e. The molecule has 0 heterocycles. The maximum Gasteiger partial charge on any atom is 0.212 e. The van der Waals surface area contributed by atoms with Crippen molar-refractivity contribution >= 4 is 10.0 Å². The number of unbranched alkanes of at least 4 members (excludes halogenated alkanes) is 1. The highest BCUT2D eigenvalue weighted by Crippen LogP contribution is 2.20. The first-order valence-corrected chi connectivity index (χ1v) is 9.32. The monoisotopic (exact) mass is 292 g/mol. The van der Waals surface area contributed by atoms with Crippen molar-refractivity contribution in [1.82, 2.24) is 10.0 Å². The molecular weight excluding hydrogens is 260 g/mol. The van der Waals surface area contributed by atoms with Crippen molar-refractivity contribution < 1.29 is 8.42 Å². The number of hydrogen-bond donors (Lipinski definition) is 2. The highest BCUT2D eigenvalue weighted by molar-refractivity contribution is 7.89. The molecule has 116 valence electrons. The second kappa shape index (κ2) is 9.72. The topological polar surface area (TPSA) is 58.2 Å². The molecule has 0 aromatic rings. The van der Waals surface area contributed by atoms with Crippen molar-refractivity contribution in [3.63, 3.8) is 0 Å². The van der Waals surface area contributed by atoms with E-state index >= 15 is 0 Å². The normalized spacial score (nSPS) is 12.8. The minimum Gasteiger partial charge on any atom is -0.317 e. The average Bonchev–Trinajstić information content (AvgIpc) is 2.40. The van der Waals surface area contributed by atoms with Gasteiger partial charge in [-0.3, -0.25) is 0 Å². The average molecular weight is 292 g/mol. The minimum atomic E-state index is -3.15. The summed E-state index contributed by atoms with van der Waals surface area (Å²) in [4.78, 5) is 0. The molecule has 0 rings (SSSR count). The Balaban J connectivity index is 4.11. The summed E-state index contributed by atoms with van der Waals surface area (Å²) in [5.74, 6) is 0.239. The molecular formula is C14H32N2O2S. The molecule has 0 bridgehead atoms. The van der Waals surface area contributed by atoms with Crippen molar-refractivity contribution in [3.05, 3.63) is 0 Å². The summed E-state index contributed by atoms with van der Waals surface area (Å²) in [7, 11) is -3.15. The zero-order chi connectivity index (χ0) is 14.8. The maximum absolute atomic E-state index is 12.1. The molecule has 2 N–H and O–H groups in total. The zero-order valence-corrected chi connectivity index (χ0v) is 13.9. The molecule has 0 saturated heterocycles. The Labute approximate surface area is 119 Å². The predicted molar refractivity (Wildman–Crippen MR) is 82.9 cm³/mol.